The van der Waals surface area contributed by atoms with E-state index in [0.29, 0.717) is 0 Å². The molecule has 9 heteroatoms. The van der Waals surface area contributed by atoms with Crippen LogP contribution < -0.4 is 4.72 Å². The van der Waals surface area contributed by atoms with E-state index < -0.39 is 16.7 Å². The predicted molar refractivity (Wildman–Crippen MR) is 150 cm³/mol. The van der Waals surface area contributed by atoms with Crippen LogP contribution in [0.3, 0.4) is 0 Å². The highest BCUT2D eigenvalue weighted by Crippen LogP contribution is 2.39. The van der Waals surface area contributed by atoms with Gasteiger partial charge in [0.25, 0.3) is 0 Å². The number of nitrogens with zero attached hydrogens (tertiary/aromatic N) is 2. The minimum Gasteiger partial charge on any atom is -0.360 e. The molecule has 6 nitrogen and oxygen atoms in total. The van der Waals surface area contributed by atoms with Crippen molar-refractivity contribution in [3.05, 3.63) is 102 Å². The van der Waals surface area contributed by atoms with Gasteiger partial charge in [0.2, 0.25) is 10.0 Å². The molecule has 39 heavy (non-hydrogen) atoms. The number of hydrogen-bond acceptors (Lipinski definition) is 4. The lowest BCUT2D eigenvalue weighted by Gasteiger charge is -2.26. The molecule has 1 aliphatic heterocycles. The molecule has 0 saturated carbocycles. The van der Waals surface area contributed by atoms with Crippen molar-refractivity contribution in [2.24, 2.45) is 0 Å². The number of benzene rings is 2. The fourth-order valence-corrected chi connectivity index (χ4v) is 5.88. The summed E-state index contributed by atoms with van der Waals surface area (Å²) < 4.78 is 52.4. The third kappa shape index (κ3) is 6.33. The molecule has 0 saturated heterocycles. The standard InChI is InChI=1S/C30H30F2N4O2S/c31-14-17-35-39(37,38)27-7-1-22(2-8-27)11-18-36-19-12-23(13-20-36)28-21-34-30(25-3-5-26(32)6-4-25)29(28)24-9-15-33-16-10-24/h1-10,12,15-16,21,34-35H,11,13-14,17-20H2. The first-order valence-corrected chi connectivity index (χ1v) is 14.4. The molecule has 0 unspecified atom stereocenters. The van der Waals surface area contributed by atoms with Crippen molar-refractivity contribution >= 4 is 15.6 Å². The Hall–Kier alpha value is -3.66. The first-order chi connectivity index (χ1) is 18.9. The van der Waals surface area contributed by atoms with Gasteiger partial charge in [0.15, 0.2) is 0 Å². The van der Waals surface area contributed by atoms with Gasteiger partial charge in [0, 0.05) is 55.9 Å². The molecule has 5 rings (SSSR count). The van der Waals surface area contributed by atoms with E-state index in [2.05, 4.69) is 25.7 Å². The van der Waals surface area contributed by atoms with E-state index in [1.807, 2.05) is 30.5 Å². The fourth-order valence-electron chi connectivity index (χ4n) is 4.88. The number of H-pyrrole nitrogens is 1. The second-order valence-corrected chi connectivity index (χ2v) is 11.2. The molecule has 4 aromatic rings. The largest absolute Gasteiger partial charge is 0.360 e. The topological polar surface area (TPSA) is 78.1 Å². The number of sulfonamides is 1. The average Bonchev–Trinajstić information content (AvgIpc) is 3.41. The third-order valence-corrected chi connectivity index (χ3v) is 8.44. The van der Waals surface area contributed by atoms with Crippen molar-refractivity contribution in [1.29, 1.82) is 0 Å². The molecule has 0 aliphatic carbocycles. The van der Waals surface area contributed by atoms with E-state index in [4.69, 9.17) is 0 Å². The first kappa shape index (κ1) is 26.9. The van der Waals surface area contributed by atoms with Crippen LogP contribution in [0.1, 0.15) is 17.5 Å². The van der Waals surface area contributed by atoms with Gasteiger partial charge in [-0.1, -0.05) is 18.2 Å². The molecule has 0 amide bonds. The van der Waals surface area contributed by atoms with Gasteiger partial charge in [-0.05, 0) is 83.6 Å². The Kier molecular flexibility index (Phi) is 8.30. The normalized spacial score (nSPS) is 14.4. The molecular weight excluding hydrogens is 518 g/mol. The van der Waals surface area contributed by atoms with Gasteiger partial charge in [-0.2, -0.15) is 0 Å². The van der Waals surface area contributed by atoms with Gasteiger partial charge in [-0.25, -0.2) is 21.9 Å². The van der Waals surface area contributed by atoms with E-state index in [1.54, 1.807) is 36.7 Å². The lowest BCUT2D eigenvalue weighted by Crippen LogP contribution is -2.30. The van der Waals surface area contributed by atoms with Crippen molar-refractivity contribution in [3.8, 4) is 22.4 Å². The Labute approximate surface area is 227 Å². The van der Waals surface area contributed by atoms with Crippen molar-refractivity contribution in [2.75, 3.05) is 32.9 Å². The number of aromatic nitrogens is 2. The highest BCUT2D eigenvalue weighted by atomic mass is 32.2. The second kappa shape index (κ2) is 12.0. The highest BCUT2D eigenvalue weighted by Gasteiger charge is 2.21. The van der Waals surface area contributed by atoms with Crippen LogP contribution in [-0.2, 0) is 16.4 Å². The van der Waals surface area contributed by atoms with Crippen LogP contribution in [-0.4, -0.2) is 56.1 Å². The predicted octanol–water partition coefficient (Wildman–Crippen LogP) is 5.46. The molecule has 1 aliphatic rings. The summed E-state index contributed by atoms with van der Waals surface area (Å²) in [6.45, 7) is 1.59. The van der Waals surface area contributed by atoms with Crippen LogP contribution in [0.15, 0.2) is 90.2 Å². The smallest absolute Gasteiger partial charge is 0.240 e. The van der Waals surface area contributed by atoms with E-state index in [9.17, 15) is 17.2 Å². The number of alkyl halides is 1. The minimum atomic E-state index is -3.68. The summed E-state index contributed by atoms with van der Waals surface area (Å²) in [5.41, 5.74) is 7.45. The van der Waals surface area contributed by atoms with Gasteiger partial charge in [-0.3, -0.25) is 9.88 Å². The summed E-state index contributed by atoms with van der Waals surface area (Å²) in [5, 5.41) is 0. The monoisotopic (exact) mass is 548 g/mol. The Morgan fingerprint density at radius 2 is 1.72 bits per heavy atom. The van der Waals surface area contributed by atoms with E-state index in [0.717, 1.165) is 66.0 Å². The number of rotatable bonds is 10. The van der Waals surface area contributed by atoms with Crippen molar-refractivity contribution < 1.29 is 17.2 Å². The van der Waals surface area contributed by atoms with Crippen molar-refractivity contribution in [1.82, 2.24) is 19.6 Å². The van der Waals surface area contributed by atoms with Gasteiger partial charge >= 0.3 is 0 Å². The van der Waals surface area contributed by atoms with Gasteiger partial charge < -0.3 is 4.98 Å². The molecular formula is C30H30F2N4O2S. The highest BCUT2D eigenvalue weighted by molar-refractivity contribution is 7.89. The summed E-state index contributed by atoms with van der Waals surface area (Å²) in [6.07, 6.45) is 9.53. The fraction of sp³-hybridized carbons (Fsp3) is 0.233. The van der Waals surface area contributed by atoms with Gasteiger partial charge in [0.05, 0.1) is 10.6 Å². The van der Waals surface area contributed by atoms with Crippen LogP contribution in [0.4, 0.5) is 8.78 Å². The van der Waals surface area contributed by atoms with E-state index in [1.165, 1.54) is 17.7 Å². The van der Waals surface area contributed by atoms with Crippen LogP contribution in [0, 0.1) is 5.82 Å². The maximum absolute atomic E-state index is 13.6. The minimum absolute atomic E-state index is 0.141. The lowest BCUT2D eigenvalue weighted by molar-refractivity contribution is 0.306. The summed E-state index contributed by atoms with van der Waals surface area (Å²) >= 11 is 0. The van der Waals surface area contributed by atoms with Gasteiger partial charge in [-0.15, -0.1) is 0 Å². The van der Waals surface area contributed by atoms with Crippen LogP contribution in [0.2, 0.25) is 0 Å². The lowest BCUT2D eigenvalue weighted by atomic mass is 9.92. The number of aromatic amines is 1. The molecule has 2 aromatic carbocycles. The molecule has 0 atom stereocenters. The Bertz CT molecular complexity index is 1530. The van der Waals surface area contributed by atoms with Crippen LogP contribution in [0.25, 0.3) is 28.0 Å². The maximum Gasteiger partial charge on any atom is 0.240 e. The first-order valence-electron chi connectivity index (χ1n) is 12.9. The molecule has 0 bridgehead atoms. The number of pyridine rings is 1. The van der Waals surface area contributed by atoms with Crippen molar-refractivity contribution in [3.63, 3.8) is 0 Å². The second-order valence-electron chi connectivity index (χ2n) is 9.46. The quantitative estimate of drug-likeness (QED) is 0.276. The SMILES string of the molecule is O=S(=O)(NCCF)c1ccc(CCN2CC=C(c3c[nH]c(-c4ccc(F)cc4)c3-c3ccncc3)CC2)cc1. The molecule has 2 N–H and O–H groups in total. The average molecular weight is 549 g/mol. The molecule has 0 radical (unpaired) electrons. The Morgan fingerprint density at radius 3 is 2.38 bits per heavy atom. The zero-order chi connectivity index (χ0) is 27.2. The maximum atomic E-state index is 13.6. The number of halogens is 2. The Balaban J connectivity index is 1.28. The summed E-state index contributed by atoms with van der Waals surface area (Å²) in [5.74, 6) is -0.266. The molecule has 2 aromatic heterocycles. The number of nitrogens with one attached hydrogen (secondary N) is 2. The van der Waals surface area contributed by atoms with Crippen LogP contribution >= 0.6 is 0 Å². The molecule has 202 valence electrons. The summed E-state index contributed by atoms with van der Waals surface area (Å²) in [4.78, 5) is 10.1. The third-order valence-electron chi connectivity index (χ3n) is 6.96. The summed E-state index contributed by atoms with van der Waals surface area (Å²) in [7, 11) is -3.68. The zero-order valence-corrected chi connectivity index (χ0v) is 22.2. The van der Waals surface area contributed by atoms with Gasteiger partial charge in [0.1, 0.15) is 12.5 Å². The van der Waals surface area contributed by atoms with E-state index >= 15 is 0 Å². The van der Waals surface area contributed by atoms with Crippen LogP contribution in [0.5, 0.6) is 0 Å². The number of hydrogen-bond donors (Lipinski definition) is 2. The molecule has 0 fully saturated rings. The van der Waals surface area contributed by atoms with Crippen molar-refractivity contribution in [2.45, 2.75) is 17.7 Å². The zero-order valence-electron chi connectivity index (χ0n) is 21.4. The van der Waals surface area contributed by atoms with E-state index in [-0.39, 0.29) is 17.3 Å². The Morgan fingerprint density at radius 1 is 0.974 bits per heavy atom. The summed E-state index contributed by atoms with van der Waals surface area (Å²) in [6, 6.07) is 17.3. The molecule has 3 heterocycles. The molecule has 0 spiro atoms.